The van der Waals surface area contributed by atoms with E-state index in [1.54, 1.807) is 30.5 Å². The lowest BCUT2D eigenvalue weighted by Gasteiger charge is -2.04. The average molecular weight is 267 g/mol. The van der Waals surface area contributed by atoms with Crippen molar-refractivity contribution in [3.05, 3.63) is 54.7 Å². The summed E-state index contributed by atoms with van der Waals surface area (Å²) in [5, 5.41) is 6.80. The molecule has 20 heavy (non-hydrogen) atoms. The van der Waals surface area contributed by atoms with Gasteiger partial charge < -0.3 is 10.3 Å². The molecule has 6 heteroatoms. The molecule has 2 N–H and O–H groups in total. The van der Waals surface area contributed by atoms with Gasteiger partial charge in [-0.3, -0.25) is 9.48 Å². The van der Waals surface area contributed by atoms with Crippen molar-refractivity contribution in [1.82, 2.24) is 19.7 Å². The second-order valence-electron chi connectivity index (χ2n) is 4.40. The molecule has 3 aromatic rings. The molecule has 0 unspecified atom stereocenters. The van der Waals surface area contributed by atoms with Crippen molar-refractivity contribution in [2.45, 2.75) is 0 Å². The number of anilines is 1. The lowest BCUT2D eigenvalue weighted by atomic mass is 10.1. The zero-order valence-electron chi connectivity index (χ0n) is 10.9. The van der Waals surface area contributed by atoms with E-state index in [1.165, 1.54) is 6.20 Å². The van der Waals surface area contributed by atoms with Crippen LogP contribution in [0.15, 0.2) is 49.2 Å². The molecule has 0 fully saturated rings. The van der Waals surface area contributed by atoms with Gasteiger partial charge in [0.05, 0.1) is 30.0 Å². The Labute approximate surface area is 115 Å². The van der Waals surface area contributed by atoms with Crippen LogP contribution in [0.5, 0.6) is 0 Å². The summed E-state index contributed by atoms with van der Waals surface area (Å²) in [6.07, 6.45) is 6.60. The Morgan fingerprint density at radius 2 is 2.05 bits per heavy atom. The number of imidazole rings is 1. The third-order valence-corrected chi connectivity index (χ3v) is 2.92. The molecule has 2 aromatic heterocycles. The number of H-pyrrole nitrogens is 1. The zero-order chi connectivity index (χ0) is 13.9. The summed E-state index contributed by atoms with van der Waals surface area (Å²) in [5.74, 6) is -0.174. The monoisotopic (exact) mass is 267 g/mol. The molecular formula is C14H13N5O. The fourth-order valence-corrected chi connectivity index (χ4v) is 1.89. The van der Waals surface area contributed by atoms with Crippen LogP contribution in [0.1, 0.15) is 10.4 Å². The molecule has 0 bridgehead atoms. The maximum absolute atomic E-state index is 12.0. The first-order chi connectivity index (χ1) is 9.72. The first kappa shape index (κ1) is 12.2. The summed E-state index contributed by atoms with van der Waals surface area (Å²) in [4.78, 5) is 19.0. The fraction of sp³-hybridized carbons (Fsp3) is 0.0714. The van der Waals surface area contributed by atoms with E-state index in [1.807, 2.05) is 24.3 Å². The minimum atomic E-state index is -0.174. The first-order valence-corrected chi connectivity index (χ1v) is 6.11. The van der Waals surface area contributed by atoms with Gasteiger partial charge in [-0.2, -0.15) is 5.10 Å². The lowest BCUT2D eigenvalue weighted by Crippen LogP contribution is -2.10. The van der Waals surface area contributed by atoms with E-state index in [4.69, 9.17) is 0 Å². The van der Waals surface area contributed by atoms with Crippen LogP contribution < -0.4 is 5.32 Å². The summed E-state index contributed by atoms with van der Waals surface area (Å²) in [6, 6.07) is 7.55. The Kier molecular flexibility index (Phi) is 3.04. The van der Waals surface area contributed by atoms with E-state index >= 15 is 0 Å². The molecular weight excluding hydrogens is 254 g/mol. The van der Waals surface area contributed by atoms with Crippen molar-refractivity contribution < 1.29 is 4.79 Å². The van der Waals surface area contributed by atoms with Gasteiger partial charge in [0.15, 0.2) is 0 Å². The molecule has 0 atom stereocenters. The van der Waals surface area contributed by atoms with Gasteiger partial charge in [0.2, 0.25) is 0 Å². The molecule has 1 amide bonds. The topological polar surface area (TPSA) is 75.6 Å². The molecule has 0 aliphatic rings. The molecule has 0 radical (unpaired) electrons. The molecule has 0 saturated heterocycles. The van der Waals surface area contributed by atoms with Crippen LogP contribution in [0.2, 0.25) is 0 Å². The Bertz CT molecular complexity index is 712. The highest BCUT2D eigenvalue weighted by atomic mass is 16.1. The number of carbonyl (C=O) groups excluding carboxylic acids is 1. The van der Waals surface area contributed by atoms with Crippen molar-refractivity contribution >= 4 is 11.6 Å². The van der Waals surface area contributed by atoms with E-state index in [0.29, 0.717) is 5.56 Å². The molecule has 0 aliphatic carbocycles. The van der Waals surface area contributed by atoms with E-state index in [2.05, 4.69) is 20.4 Å². The van der Waals surface area contributed by atoms with Gasteiger partial charge in [-0.05, 0) is 17.7 Å². The number of hydrogen-bond acceptors (Lipinski definition) is 3. The second-order valence-corrected chi connectivity index (χ2v) is 4.40. The molecule has 0 aliphatic heterocycles. The van der Waals surface area contributed by atoms with E-state index in [-0.39, 0.29) is 5.91 Å². The standard InChI is InChI=1S/C14H13N5O/c1-19-8-11(6-17-19)14(20)18-12-4-2-10(3-5-12)13-7-15-9-16-13/h2-9H,1H3,(H,15,16)(H,18,20). The van der Waals surface area contributed by atoms with E-state index in [0.717, 1.165) is 16.9 Å². The summed E-state index contributed by atoms with van der Waals surface area (Å²) < 4.78 is 1.59. The largest absolute Gasteiger partial charge is 0.345 e. The van der Waals surface area contributed by atoms with Gasteiger partial charge in [-0.1, -0.05) is 12.1 Å². The van der Waals surface area contributed by atoms with E-state index in [9.17, 15) is 4.79 Å². The van der Waals surface area contributed by atoms with Crippen molar-refractivity contribution in [1.29, 1.82) is 0 Å². The van der Waals surface area contributed by atoms with Gasteiger partial charge in [0.1, 0.15) is 0 Å². The van der Waals surface area contributed by atoms with Crippen molar-refractivity contribution in [2.75, 3.05) is 5.32 Å². The number of aromatic nitrogens is 4. The van der Waals surface area contributed by atoms with Gasteiger partial charge in [-0.15, -0.1) is 0 Å². The van der Waals surface area contributed by atoms with Gasteiger partial charge >= 0.3 is 0 Å². The number of aromatic amines is 1. The number of amides is 1. The normalized spacial score (nSPS) is 10.4. The molecule has 0 saturated carbocycles. The third-order valence-electron chi connectivity index (χ3n) is 2.92. The highest BCUT2D eigenvalue weighted by molar-refractivity contribution is 6.04. The van der Waals surface area contributed by atoms with Crippen LogP contribution in [0.25, 0.3) is 11.3 Å². The van der Waals surface area contributed by atoms with Crippen molar-refractivity contribution in [3.63, 3.8) is 0 Å². The first-order valence-electron chi connectivity index (χ1n) is 6.11. The molecule has 1 aromatic carbocycles. The van der Waals surface area contributed by atoms with Crippen molar-refractivity contribution in [2.24, 2.45) is 7.05 Å². The van der Waals surface area contributed by atoms with Crippen LogP contribution >= 0.6 is 0 Å². The Morgan fingerprint density at radius 1 is 1.25 bits per heavy atom. The number of aryl methyl sites for hydroxylation is 1. The Balaban J connectivity index is 1.74. The highest BCUT2D eigenvalue weighted by Crippen LogP contribution is 2.19. The Morgan fingerprint density at radius 3 is 2.65 bits per heavy atom. The van der Waals surface area contributed by atoms with Crippen LogP contribution in [-0.4, -0.2) is 25.7 Å². The highest BCUT2D eigenvalue weighted by Gasteiger charge is 2.08. The van der Waals surface area contributed by atoms with Crippen LogP contribution in [-0.2, 0) is 7.05 Å². The average Bonchev–Trinajstić information content (AvgIpc) is 3.10. The van der Waals surface area contributed by atoms with Crippen LogP contribution in [0, 0.1) is 0 Å². The number of benzene rings is 1. The maximum Gasteiger partial charge on any atom is 0.258 e. The number of hydrogen-bond donors (Lipinski definition) is 2. The quantitative estimate of drug-likeness (QED) is 0.762. The SMILES string of the molecule is Cn1cc(C(=O)Nc2ccc(-c3cnc[nH]3)cc2)cn1. The summed E-state index contributed by atoms with van der Waals surface area (Å²) in [7, 11) is 1.77. The molecule has 2 heterocycles. The fourth-order valence-electron chi connectivity index (χ4n) is 1.89. The predicted molar refractivity (Wildman–Crippen MR) is 75.2 cm³/mol. The second kappa shape index (κ2) is 5.00. The Hall–Kier alpha value is -2.89. The van der Waals surface area contributed by atoms with Crippen molar-refractivity contribution in [3.8, 4) is 11.3 Å². The molecule has 0 spiro atoms. The number of rotatable bonds is 3. The zero-order valence-corrected chi connectivity index (χ0v) is 10.9. The van der Waals surface area contributed by atoms with Gasteiger partial charge in [-0.25, -0.2) is 4.98 Å². The third kappa shape index (κ3) is 2.44. The van der Waals surface area contributed by atoms with E-state index < -0.39 is 0 Å². The number of nitrogens with one attached hydrogen (secondary N) is 2. The summed E-state index contributed by atoms with van der Waals surface area (Å²) in [6.45, 7) is 0. The number of carbonyl (C=O) groups is 1. The summed E-state index contributed by atoms with van der Waals surface area (Å²) >= 11 is 0. The van der Waals surface area contributed by atoms with Crippen LogP contribution in [0.3, 0.4) is 0 Å². The smallest absolute Gasteiger partial charge is 0.258 e. The minimum Gasteiger partial charge on any atom is -0.345 e. The van der Waals surface area contributed by atoms with Crippen LogP contribution in [0.4, 0.5) is 5.69 Å². The molecule has 6 nitrogen and oxygen atoms in total. The van der Waals surface area contributed by atoms with Gasteiger partial charge in [0.25, 0.3) is 5.91 Å². The maximum atomic E-state index is 12.0. The number of nitrogens with zero attached hydrogens (tertiary/aromatic N) is 3. The molecule has 3 rings (SSSR count). The lowest BCUT2D eigenvalue weighted by molar-refractivity contribution is 0.102. The molecule has 100 valence electrons. The minimum absolute atomic E-state index is 0.174. The van der Waals surface area contributed by atoms with Gasteiger partial charge in [0, 0.05) is 18.9 Å². The summed E-state index contributed by atoms with van der Waals surface area (Å²) in [5.41, 5.74) is 3.23. The predicted octanol–water partition coefficient (Wildman–Crippen LogP) is 2.06.